The van der Waals surface area contributed by atoms with Crippen LogP contribution < -0.4 is 0 Å². The Morgan fingerprint density at radius 3 is 1.56 bits per heavy atom. The summed E-state index contributed by atoms with van der Waals surface area (Å²) < 4.78 is 5.38. The Balaban J connectivity index is 0.977. The van der Waals surface area contributed by atoms with Crippen molar-refractivity contribution in [2.45, 2.75) is 0 Å². The van der Waals surface area contributed by atoms with Crippen LogP contribution in [0.5, 0.6) is 0 Å². The molecule has 0 N–H and O–H groups in total. The molecule has 10 aromatic carbocycles. The molecule has 2 heteroatoms. The highest BCUT2D eigenvalue weighted by atomic mass is 32.1. The van der Waals surface area contributed by atoms with Crippen molar-refractivity contribution in [3.05, 3.63) is 182 Å². The van der Waals surface area contributed by atoms with E-state index in [1.807, 2.05) is 22.7 Å². The Hall–Kier alpha value is -6.32. The van der Waals surface area contributed by atoms with Gasteiger partial charge in [-0.1, -0.05) is 146 Å². The number of hydrogen-bond acceptors (Lipinski definition) is 2. The SMILES string of the molecule is c1ccc2cc(-c3c4ccccc4c(-c4ccc(-c5ccc6c(c5)sc5ccc7cc8c(cc7c56)sc5ccccc58)cc4)c4ccccc34)ccc2c1. The van der Waals surface area contributed by atoms with Crippen LogP contribution in [0.1, 0.15) is 0 Å². The smallest absolute Gasteiger partial charge is 0.0362 e. The van der Waals surface area contributed by atoms with Crippen LogP contribution in [0.4, 0.5) is 0 Å². The van der Waals surface area contributed by atoms with Crippen LogP contribution in [0.3, 0.4) is 0 Å². The maximum absolute atomic E-state index is 2.43. The monoisotopic (exact) mass is 718 g/mol. The van der Waals surface area contributed by atoms with Crippen molar-refractivity contribution in [1.29, 1.82) is 0 Å². The largest absolute Gasteiger partial charge is 0.135 e. The average Bonchev–Trinajstić information content (AvgIpc) is 3.79. The minimum absolute atomic E-state index is 1.23. The second-order valence-corrected chi connectivity index (χ2v) is 16.6. The topological polar surface area (TPSA) is 0 Å². The molecule has 12 rings (SSSR count). The van der Waals surface area contributed by atoms with Gasteiger partial charge in [-0.25, -0.2) is 0 Å². The quantitative estimate of drug-likeness (QED) is 0.160. The minimum Gasteiger partial charge on any atom is -0.135 e. The fraction of sp³-hybridized carbons (Fsp3) is 0. The van der Waals surface area contributed by atoms with Gasteiger partial charge in [0, 0.05) is 40.3 Å². The van der Waals surface area contributed by atoms with Gasteiger partial charge in [0.25, 0.3) is 0 Å². The zero-order valence-electron chi connectivity index (χ0n) is 29.1. The van der Waals surface area contributed by atoms with Gasteiger partial charge >= 0.3 is 0 Å². The van der Waals surface area contributed by atoms with Crippen molar-refractivity contribution in [2.24, 2.45) is 0 Å². The van der Waals surface area contributed by atoms with Crippen molar-refractivity contribution in [3.63, 3.8) is 0 Å². The summed E-state index contributed by atoms with van der Waals surface area (Å²) in [5.41, 5.74) is 7.55. The van der Waals surface area contributed by atoms with Crippen LogP contribution in [0.2, 0.25) is 0 Å². The highest BCUT2D eigenvalue weighted by molar-refractivity contribution is 7.26. The number of benzene rings is 10. The lowest BCUT2D eigenvalue weighted by molar-refractivity contribution is 1.63. The minimum atomic E-state index is 1.23. The third-order valence-corrected chi connectivity index (χ3v) is 13.7. The molecule has 0 spiro atoms. The number of fused-ring (bicyclic) bond motifs is 11. The van der Waals surface area contributed by atoms with Gasteiger partial charge < -0.3 is 0 Å². The molecular weight excluding hydrogens is 689 g/mol. The van der Waals surface area contributed by atoms with Crippen LogP contribution in [-0.2, 0) is 0 Å². The van der Waals surface area contributed by atoms with Gasteiger partial charge in [-0.05, 0) is 113 Å². The molecule has 0 radical (unpaired) electrons. The van der Waals surface area contributed by atoms with Crippen molar-refractivity contribution in [3.8, 4) is 33.4 Å². The Bertz CT molecular complexity index is 3430. The molecular formula is C52H30S2. The Labute approximate surface area is 319 Å². The molecule has 0 saturated carbocycles. The maximum Gasteiger partial charge on any atom is 0.0362 e. The Morgan fingerprint density at radius 2 is 0.796 bits per heavy atom. The highest BCUT2D eigenvalue weighted by Crippen LogP contribution is 2.46. The third kappa shape index (κ3) is 4.48. The van der Waals surface area contributed by atoms with Gasteiger partial charge in [0.1, 0.15) is 0 Å². The molecule has 0 aliphatic heterocycles. The van der Waals surface area contributed by atoms with E-state index in [1.165, 1.54) is 117 Å². The molecule has 0 aliphatic rings. The second-order valence-electron chi connectivity index (χ2n) is 14.4. The van der Waals surface area contributed by atoms with Crippen molar-refractivity contribution in [1.82, 2.24) is 0 Å². The van der Waals surface area contributed by atoms with E-state index in [2.05, 4.69) is 182 Å². The first-order chi connectivity index (χ1) is 26.7. The molecule has 250 valence electrons. The molecule has 2 heterocycles. The summed E-state index contributed by atoms with van der Waals surface area (Å²) in [7, 11) is 0. The maximum atomic E-state index is 2.43. The average molecular weight is 719 g/mol. The van der Waals surface area contributed by atoms with Crippen molar-refractivity contribution >= 4 is 106 Å². The zero-order chi connectivity index (χ0) is 35.3. The fourth-order valence-corrected chi connectivity index (χ4v) is 11.2. The van der Waals surface area contributed by atoms with E-state index in [0.717, 1.165) is 0 Å². The second kappa shape index (κ2) is 11.6. The molecule has 0 amide bonds. The van der Waals surface area contributed by atoms with Crippen molar-refractivity contribution < 1.29 is 0 Å². The molecule has 12 aromatic rings. The van der Waals surface area contributed by atoms with Crippen LogP contribution in [0.15, 0.2) is 182 Å². The molecule has 0 unspecified atom stereocenters. The number of thiophene rings is 2. The van der Waals surface area contributed by atoms with Gasteiger partial charge in [-0.15, -0.1) is 22.7 Å². The van der Waals surface area contributed by atoms with Crippen LogP contribution >= 0.6 is 22.7 Å². The molecule has 0 fully saturated rings. The molecule has 0 bridgehead atoms. The van der Waals surface area contributed by atoms with E-state index in [0.29, 0.717) is 0 Å². The van der Waals surface area contributed by atoms with Gasteiger partial charge in [-0.3, -0.25) is 0 Å². The first kappa shape index (κ1) is 30.2. The lowest BCUT2D eigenvalue weighted by Gasteiger charge is -2.18. The van der Waals surface area contributed by atoms with Crippen LogP contribution in [0.25, 0.3) is 117 Å². The normalized spacial score (nSPS) is 12.1. The summed E-state index contributed by atoms with van der Waals surface area (Å²) in [6.45, 7) is 0. The van der Waals surface area contributed by atoms with Crippen molar-refractivity contribution in [2.75, 3.05) is 0 Å². The summed E-state index contributed by atoms with van der Waals surface area (Å²) in [5, 5.41) is 15.7. The highest BCUT2D eigenvalue weighted by Gasteiger charge is 2.18. The lowest BCUT2D eigenvalue weighted by Crippen LogP contribution is -1.91. The van der Waals surface area contributed by atoms with Gasteiger partial charge in [0.05, 0.1) is 0 Å². The standard InChI is InChI=1S/C52H30S2/c1-2-10-34-27-37(22-19-31(34)9-1)51-41-14-5-3-12-39(41)50(40-13-4-6-15-42(40)51)33-20-17-32(18-21-33)35-23-25-43-48(29-35)54-47-26-24-36-28-45-38-11-7-8-16-46(38)53-49(45)30-44(36)52(43)47/h1-30H. The molecule has 0 nitrogen and oxygen atoms in total. The van der Waals surface area contributed by atoms with E-state index in [9.17, 15) is 0 Å². The molecule has 54 heavy (non-hydrogen) atoms. The Kier molecular flexibility index (Phi) is 6.48. The lowest BCUT2D eigenvalue weighted by atomic mass is 9.85. The van der Waals surface area contributed by atoms with Gasteiger partial charge in [-0.2, -0.15) is 0 Å². The summed E-state index contributed by atoms with van der Waals surface area (Å²) in [6, 6.07) is 67.9. The fourth-order valence-electron chi connectivity index (χ4n) is 8.92. The molecule has 0 atom stereocenters. The van der Waals surface area contributed by atoms with E-state index in [1.54, 1.807) is 0 Å². The van der Waals surface area contributed by atoms with Crippen LogP contribution in [-0.4, -0.2) is 0 Å². The summed E-state index contributed by atoms with van der Waals surface area (Å²) in [5.74, 6) is 0. The summed E-state index contributed by atoms with van der Waals surface area (Å²) >= 11 is 3.80. The predicted octanol–water partition coefficient (Wildman–Crippen LogP) is 16.0. The van der Waals surface area contributed by atoms with Crippen LogP contribution in [0, 0.1) is 0 Å². The first-order valence-corrected chi connectivity index (χ1v) is 20.1. The van der Waals surface area contributed by atoms with Gasteiger partial charge in [0.2, 0.25) is 0 Å². The number of hydrogen-bond donors (Lipinski definition) is 0. The van der Waals surface area contributed by atoms with E-state index < -0.39 is 0 Å². The number of rotatable bonds is 3. The third-order valence-electron chi connectivity index (χ3n) is 11.4. The molecule has 0 saturated heterocycles. The predicted molar refractivity (Wildman–Crippen MR) is 239 cm³/mol. The Morgan fingerprint density at radius 1 is 0.241 bits per heavy atom. The summed E-state index contributed by atoms with van der Waals surface area (Å²) in [6.07, 6.45) is 0. The van der Waals surface area contributed by atoms with Gasteiger partial charge in [0.15, 0.2) is 0 Å². The van der Waals surface area contributed by atoms with E-state index in [4.69, 9.17) is 0 Å². The zero-order valence-corrected chi connectivity index (χ0v) is 30.8. The molecule has 0 aliphatic carbocycles. The van der Waals surface area contributed by atoms with E-state index in [-0.39, 0.29) is 0 Å². The molecule has 2 aromatic heterocycles. The summed E-state index contributed by atoms with van der Waals surface area (Å²) in [4.78, 5) is 0. The van der Waals surface area contributed by atoms with E-state index >= 15 is 0 Å². The first-order valence-electron chi connectivity index (χ1n) is 18.5.